The van der Waals surface area contributed by atoms with E-state index >= 15 is 0 Å². The highest BCUT2D eigenvalue weighted by atomic mass is 16.6. The molecule has 0 heterocycles. The number of nitrogens with zero attached hydrogens (tertiary/aromatic N) is 1. The number of oxime groups is 1. The second-order valence-electron chi connectivity index (χ2n) is 9.20. The molecule has 0 aliphatic heterocycles. The summed E-state index contributed by atoms with van der Waals surface area (Å²) in [5.74, 6) is 1.63. The molecule has 0 radical (unpaired) electrons. The lowest BCUT2D eigenvalue weighted by Gasteiger charge is -2.29. The van der Waals surface area contributed by atoms with Crippen LogP contribution in [0.2, 0.25) is 0 Å². The number of carbonyl (C=O) groups excluding carboxylic acids is 1. The van der Waals surface area contributed by atoms with Crippen LogP contribution in [0.25, 0.3) is 0 Å². The Morgan fingerprint density at radius 1 is 0.889 bits per heavy atom. The maximum Gasteiger partial charge on any atom is 0.261 e. The van der Waals surface area contributed by atoms with Gasteiger partial charge in [-0.3, -0.25) is 4.79 Å². The average Bonchev–Trinajstić information content (AvgIpc) is 2.92. The van der Waals surface area contributed by atoms with E-state index in [1.54, 1.807) is 6.21 Å². The number of rotatable bonds is 11. The van der Waals surface area contributed by atoms with Crippen LogP contribution in [-0.2, 0) is 22.8 Å². The molecule has 1 amide bonds. The molecule has 3 aromatic rings. The molecule has 1 N–H and O–H groups in total. The van der Waals surface area contributed by atoms with Crippen molar-refractivity contribution in [1.82, 2.24) is 5.32 Å². The van der Waals surface area contributed by atoms with Crippen LogP contribution in [0.3, 0.4) is 0 Å². The molecule has 3 aromatic carbocycles. The van der Waals surface area contributed by atoms with Crippen molar-refractivity contribution in [1.29, 1.82) is 0 Å². The van der Waals surface area contributed by atoms with Crippen LogP contribution in [0.15, 0.2) is 84.0 Å². The Morgan fingerprint density at radius 2 is 1.53 bits per heavy atom. The van der Waals surface area contributed by atoms with Crippen molar-refractivity contribution in [3.63, 3.8) is 0 Å². The first-order valence-electron chi connectivity index (χ1n) is 12.6. The largest absolute Gasteiger partial charge is 0.485 e. The predicted molar refractivity (Wildman–Crippen MR) is 141 cm³/mol. The minimum absolute atomic E-state index is 0.102. The van der Waals surface area contributed by atoms with Gasteiger partial charge in [0.1, 0.15) is 13.2 Å². The minimum atomic E-state index is -0.137. The van der Waals surface area contributed by atoms with Gasteiger partial charge in [0.05, 0.1) is 6.21 Å². The van der Waals surface area contributed by atoms with Crippen molar-refractivity contribution in [3.05, 3.63) is 95.6 Å². The van der Waals surface area contributed by atoms with Crippen LogP contribution in [0.1, 0.15) is 49.3 Å². The summed E-state index contributed by atoms with van der Waals surface area (Å²) in [7, 11) is 0. The van der Waals surface area contributed by atoms with Gasteiger partial charge in [-0.05, 0) is 48.1 Å². The first kappa shape index (κ1) is 25.3. The molecule has 1 aliphatic carbocycles. The van der Waals surface area contributed by atoms with Gasteiger partial charge in [0, 0.05) is 11.6 Å². The number of benzene rings is 3. The first-order valence-corrected chi connectivity index (χ1v) is 12.6. The lowest BCUT2D eigenvalue weighted by atomic mass is 9.86. The van der Waals surface area contributed by atoms with Gasteiger partial charge in [-0.15, -0.1) is 0 Å². The summed E-state index contributed by atoms with van der Waals surface area (Å²) < 4.78 is 12.2. The van der Waals surface area contributed by atoms with Crippen molar-refractivity contribution in [2.75, 3.05) is 6.61 Å². The quantitative estimate of drug-likeness (QED) is 0.271. The molecule has 36 heavy (non-hydrogen) atoms. The number of nitrogens with one attached hydrogen (secondary N) is 1. The Hall–Kier alpha value is -3.80. The molecule has 0 bridgehead atoms. The SMILES string of the molecule is CC1CCCCC1NC(=O)CON=Cc1ccc(OCc2ccccc2)c(OCc2ccccc2)c1. The monoisotopic (exact) mass is 486 g/mol. The molecule has 0 saturated heterocycles. The van der Waals surface area contributed by atoms with Gasteiger partial charge in [0.25, 0.3) is 5.91 Å². The summed E-state index contributed by atoms with van der Waals surface area (Å²) in [5.41, 5.74) is 2.92. The standard InChI is InChI=1S/C30H34N2O4/c1-23-10-8-9-15-27(23)32-30(33)22-36-31-19-26-16-17-28(34-20-24-11-4-2-5-12-24)29(18-26)35-21-25-13-6-3-7-14-25/h2-7,11-14,16-19,23,27H,8-10,15,20-22H2,1H3,(H,32,33). The Labute approximate surface area is 213 Å². The van der Waals surface area contributed by atoms with Gasteiger partial charge in [0.15, 0.2) is 18.1 Å². The predicted octanol–water partition coefficient (Wildman–Crippen LogP) is 5.89. The van der Waals surface area contributed by atoms with Crippen LogP contribution in [-0.4, -0.2) is 24.8 Å². The van der Waals surface area contributed by atoms with E-state index < -0.39 is 0 Å². The summed E-state index contributed by atoms with van der Waals surface area (Å²) in [5, 5.41) is 7.06. The zero-order chi connectivity index (χ0) is 25.0. The first-order chi connectivity index (χ1) is 17.7. The van der Waals surface area contributed by atoms with E-state index in [9.17, 15) is 4.79 Å². The second-order valence-corrected chi connectivity index (χ2v) is 9.20. The van der Waals surface area contributed by atoms with Crippen molar-refractivity contribution >= 4 is 12.1 Å². The summed E-state index contributed by atoms with van der Waals surface area (Å²) in [6.45, 7) is 2.94. The van der Waals surface area contributed by atoms with Gasteiger partial charge in [0.2, 0.25) is 0 Å². The highest BCUT2D eigenvalue weighted by molar-refractivity contribution is 5.81. The minimum Gasteiger partial charge on any atom is -0.485 e. The summed E-state index contributed by atoms with van der Waals surface area (Å²) in [6, 6.07) is 25.8. The topological polar surface area (TPSA) is 69.2 Å². The van der Waals surface area contributed by atoms with E-state index in [1.165, 1.54) is 6.42 Å². The molecule has 4 rings (SSSR count). The molecule has 6 nitrogen and oxygen atoms in total. The Kier molecular flexibility index (Phi) is 9.37. The second kappa shape index (κ2) is 13.3. The zero-order valence-corrected chi connectivity index (χ0v) is 20.8. The fraction of sp³-hybridized carbons (Fsp3) is 0.333. The van der Waals surface area contributed by atoms with Crippen molar-refractivity contribution in [2.24, 2.45) is 11.1 Å². The summed E-state index contributed by atoms with van der Waals surface area (Å²) in [4.78, 5) is 17.5. The summed E-state index contributed by atoms with van der Waals surface area (Å²) >= 11 is 0. The molecule has 1 fully saturated rings. The Balaban J connectivity index is 1.35. The molecule has 0 spiro atoms. The maximum absolute atomic E-state index is 12.2. The number of ether oxygens (including phenoxy) is 2. The third kappa shape index (κ3) is 7.87. The van der Waals surface area contributed by atoms with Crippen molar-refractivity contribution in [3.8, 4) is 11.5 Å². The lowest BCUT2D eigenvalue weighted by Crippen LogP contribution is -2.42. The van der Waals surface area contributed by atoms with Crippen LogP contribution in [0, 0.1) is 5.92 Å². The smallest absolute Gasteiger partial charge is 0.261 e. The van der Waals surface area contributed by atoms with Gasteiger partial charge in [-0.1, -0.05) is 85.6 Å². The third-order valence-electron chi connectivity index (χ3n) is 6.37. The molecule has 6 heteroatoms. The van der Waals surface area contributed by atoms with Crippen molar-refractivity contribution in [2.45, 2.75) is 51.9 Å². The normalized spacial score (nSPS) is 17.5. The molecule has 2 atom stereocenters. The fourth-order valence-electron chi connectivity index (χ4n) is 4.28. The molecular weight excluding hydrogens is 452 g/mol. The van der Waals surface area contributed by atoms with Crippen LogP contribution < -0.4 is 14.8 Å². The highest BCUT2D eigenvalue weighted by Crippen LogP contribution is 2.30. The number of amides is 1. The summed E-state index contributed by atoms with van der Waals surface area (Å²) in [6.07, 6.45) is 6.16. The number of carbonyl (C=O) groups is 1. The van der Waals surface area contributed by atoms with E-state index in [0.717, 1.165) is 36.0 Å². The van der Waals surface area contributed by atoms with E-state index in [4.69, 9.17) is 14.3 Å². The maximum atomic E-state index is 12.2. The number of hydrogen-bond donors (Lipinski definition) is 1. The van der Waals surface area contributed by atoms with Gasteiger partial charge >= 0.3 is 0 Å². The van der Waals surface area contributed by atoms with E-state index in [1.807, 2.05) is 78.9 Å². The molecule has 1 saturated carbocycles. The zero-order valence-electron chi connectivity index (χ0n) is 20.8. The number of hydrogen-bond acceptors (Lipinski definition) is 5. The molecule has 1 aliphatic rings. The Bertz CT molecular complexity index is 1120. The highest BCUT2D eigenvalue weighted by Gasteiger charge is 2.22. The molecule has 2 unspecified atom stereocenters. The molecule has 188 valence electrons. The van der Waals surface area contributed by atoms with Crippen LogP contribution in [0.5, 0.6) is 11.5 Å². The Morgan fingerprint density at radius 3 is 2.19 bits per heavy atom. The van der Waals surface area contributed by atoms with Crippen LogP contribution >= 0.6 is 0 Å². The van der Waals surface area contributed by atoms with E-state index in [2.05, 4.69) is 17.4 Å². The van der Waals surface area contributed by atoms with Gasteiger partial charge in [-0.25, -0.2) is 0 Å². The van der Waals surface area contributed by atoms with Crippen molar-refractivity contribution < 1.29 is 19.1 Å². The fourth-order valence-corrected chi connectivity index (χ4v) is 4.28. The third-order valence-corrected chi connectivity index (χ3v) is 6.37. The van der Waals surface area contributed by atoms with E-state index in [-0.39, 0.29) is 18.6 Å². The molecule has 0 aromatic heterocycles. The molecular formula is C30H34N2O4. The lowest BCUT2D eigenvalue weighted by molar-refractivity contribution is -0.126. The van der Waals surface area contributed by atoms with Crippen LogP contribution in [0.4, 0.5) is 0 Å². The average molecular weight is 487 g/mol. The van der Waals surface area contributed by atoms with E-state index in [0.29, 0.717) is 30.6 Å². The van der Waals surface area contributed by atoms with Gasteiger partial charge in [-0.2, -0.15) is 0 Å². The van der Waals surface area contributed by atoms with Gasteiger partial charge < -0.3 is 19.6 Å².